The molecule has 0 N–H and O–H groups in total. The molecular formula is C18H30N2O2S4. The predicted molar refractivity (Wildman–Crippen MR) is 121 cm³/mol. The van der Waals surface area contributed by atoms with Gasteiger partial charge in [0.25, 0.3) is 0 Å². The van der Waals surface area contributed by atoms with Crippen molar-refractivity contribution in [3.05, 3.63) is 0 Å². The molecule has 0 radical (unpaired) electrons. The molecule has 0 bridgehead atoms. The lowest BCUT2D eigenvalue weighted by Gasteiger charge is -2.27. The molecule has 0 aromatic carbocycles. The number of aliphatic imine (C=N–C) groups is 2. The normalized spacial score (nSPS) is 19.5. The van der Waals surface area contributed by atoms with Gasteiger partial charge < -0.3 is 0 Å². The van der Waals surface area contributed by atoms with Crippen molar-refractivity contribution in [1.82, 2.24) is 0 Å². The first-order valence-electron chi connectivity index (χ1n) is 9.32. The summed E-state index contributed by atoms with van der Waals surface area (Å²) in [6.07, 6.45) is 9.98. The van der Waals surface area contributed by atoms with E-state index in [9.17, 15) is 9.59 Å². The SMILES string of the molecule is O=C=NCCCCCSCC1CSC(CSCCCCCN=C=O)CS1. The largest absolute Gasteiger partial charge is 0.234 e. The van der Waals surface area contributed by atoms with Crippen LogP contribution in [0.25, 0.3) is 0 Å². The first-order valence-corrected chi connectivity index (χ1v) is 13.7. The van der Waals surface area contributed by atoms with E-state index in [1.54, 1.807) is 12.2 Å². The number of isocyanates is 2. The summed E-state index contributed by atoms with van der Waals surface area (Å²) >= 11 is 8.48. The molecule has 26 heavy (non-hydrogen) atoms. The van der Waals surface area contributed by atoms with E-state index in [1.807, 2.05) is 0 Å². The van der Waals surface area contributed by atoms with Gasteiger partial charge in [-0.3, -0.25) is 0 Å². The van der Waals surface area contributed by atoms with Gasteiger partial charge >= 0.3 is 0 Å². The van der Waals surface area contributed by atoms with Gasteiger partial charge in [0.1, 0.15) is 0 Å². The van der Waals surface area contributed by atoms with Crippen LogP contribution >= 0.6 is 47.0 Å². The highest BCUT2D eigenvalue weighted by atomic mass is 32.2. The van der Waals surface area contributed by atoms with Crippen molar-refractivity contribution in [1.29, 1.82) is 0 Å². The van der Waals surface area contributed by atoms with Crippen molar-refractivity contribution < 1.29 is 9.59 Å². The molecule has 0 aliphatic carbocycles. The lowest BCUT2D eigenvalue weighted by molar-refractivity contribution is 0.561. The highest BCUT2D eigenvalue weighted by molar-refractivity contribution is 8.09. The van der Waals surface area contributed by atoms with E-state index in [0.717, 1.165) is 36.2 Å². The minimum atomic E-state index is 0.636. The molecule has 0 spiro atoms. The van der Waals surface area contributed by atoms with Crippen molar-refractivity contribution in [3.8, 4) is 0 Å². The molecule has 1 aliphatic rings. The van der Waals surface area contributed by atoms with E-state index in [0.29, 0.717) is 13.1 Å². The van der Waals surface area contributed by atoms with E-state index in [1.165, 1.54) is 47.4 Å². The van der Waals surface area contributed by atoms with E-state index in [4.69, 9.17) is 0 Å². The Kier molecular flexibility index (Phi) is 17.2. The fourth-order valence-corrected chi connectivity index (χ4v) is 8.45. The first kappa shape index (κ1) is 24.2. The number of thioether (sulfide) groups is 4. The Balaban J connectivity index is 1.87. The Morgan fingerprint density at radius 2 is 1.19 bits per heavy atom. The second-order valence-electron chi connectivity index (χ2n) is 6.13. The zero-order valence-electron chi connectivity index (χ0n) is 15.4. The predicted octanol–water partition coefficient (Wildman–Crippen LogP) is 4.68. The molecule has 8 heteroatoms. The van der Waals surface area contributed by atoms with Gasteiger partial charge in [-0.25, -0.2) is 19.6 Å². The molecule has 1 saturated heterocycles. The monoisotopic (exact) mass is 434 g/mol. The number of hydrogen-bond acceptors (Lipinski definition) is 8. The summed E-state index contributed by atoms with van der Waals surface area (Å²) in [5.74, 6) is 7.58. The van der Waals surface area contributed by atoms with E-state index in [-0.39, 0.29) is 0 Å². The van der Waals surface area contributed by atoms with Crippen LogP contribution in [0.5, 0.6) is 0 Å². The lowest BCUT2D eigenvalue weighted by Crippen LogP contribution is -2.24. The van der Waals surface area contributed by atoms with Gasteiger partial charge in [-0.15, -0.1) is 0 Å². The third-order valence-corrected chi connectivity index (χ3v) is 9.96. The molecule has 4 nitrogen and oxygen atoms in total. The maximum atomic E-state index is 9.95. The average molecular weight is 435 g/mol. The molecule has 0 saturated carbocycles. The molecule has 0 amide bonds. The van der Waals surface area contributed by atoms with Gasteiger partial charge in [-0.1, -0.05) is 12.8 Å². The smallest absolute Gasteiger partial charge is 0.211 e. The summed E-state index contributed by atoms with van der Waals surface area (Å²) in [7, 11) is 0. The number of unbranched alkanes of at least 4 members (excludes halogenated alkanes) is 4. The second-order valence-corrected chi connectivity index (χ2v) is 11.1. The zero-order chi connectivity index (χ0) is 18.7. The fraction of sp³-hybridized carbons (Fsp3) is 0.889. The minimum Gasteiger partial charge on any atom is -0.211 e. The van der Waals surface area contributed by atoms with Gasteiger partial charge in [-0.05, 0) is 37.2 Å². The second kappa shape index (κ2) is 18.5. The quantitative estimate of drug-likeness (QED) is 0.200. The first-order chi connectivity index (χ1) is 12.9. The molecule has 1 aliphatic heterocycles. The molecule has 2 atom stereocenters. The summed E-state index contributed by atoms with van der Waals surface area (Å²) < 4.78 is 0. The van der Waals surface area contributed by atoms with E-state index < -0.39 is 0 Å². The number of carbonyl (C=O) groups excluding carboxylic acids is 2. The Hall–Kier alpha value is 0.160. The maximum Gasteiger partial charge on any atom is 0.234 e. The number of nitrogens with zero attached hydrogens (tertiary/aromatic N) is 2. The summed E-state index contributed by atoms with van der Waals surface area (Å²) in [5, 5.41) is 1.62. The van der Waals surface area contributed by atoms with Crippen molar-refractivity contribution in [2.45, 2.75) is 49.0 Å². The van der Waals surface area contributed by atoms with Crippen molar-refractivity contribution in [2.75, 3.05) is 47.6 Å². The van der Waals surface area contributed by atoms with Gasteiger partial charge in [0.15, 0.2) is 0 Å². The maximum absolute atomic E-state index is 9.95. The van der Waals surface area contributed by atoms with Crippen molar-refractivity contribution in [3.63, 3.8) is 0 Å². The highest BCUT2D eigenvalue weighted by Crippen LogP contribution is 2.33. The minimum absolute atomic E-state index is 0.636. The molecule has 0 aromatic rings. The van der Waals surface area contributed by atoms with E-state index in [2.05, 4.69) is 57.0 Å². The van der Waals surface area contributed by atoms with Crippen LogP contribution in [0.15, 0.2) is 9.98 Å². The van der Waals surface area contributed by atoms with Gasteiger partial charge in [-0.2, -0.15) is 47.0 Å². The highest BCUT2D eigenvalue weighted by Gasteiger charge is 2.21. The Labute approximate surface area is 175 Å². The molecule has 1 fully saturated rings. The molecule has 2 unspecified atom stereocenters. The summed E-state index contributed by atoms with van der Waals surface area (Å²) in [4.78, 5) is 27.1. The van der Waals surface area contributed by atoms with Crippen LogP contribution in [0.4, 0.5) is 0 Å². The van der Waals surface area contributed by atoms with Crippen LogP contribution in [0.1, 0.15) is 38.5 Å². The van der Waals surface area contributed by atoms with Crippen molar-refractivity contribution in [2.24, 2.45) is 9.98 Å². The van der Waals surface area contributed by atoms with Gasteiger partial charge in [0.2, 0.25) is 12.2 Å². The Morgan fingerprint density at radius 3 is 1.58 bits per heavy atom. The summed E-state index contributed by atoms with van der Waals surface area (Å²) in [6.45, 7) is 1.27. The summed E-state index contributed by atoms with van der Waals surface area (Å²) in [5.41, 5.74) is 0. The fourth-order valence-electron chi connectivity index (χ4n) is 2.44. The number of hydrogen-bond donors (Lipinski definition) is 0. The Bertz CT molecular complexity index is 393. The molecule has 1 rings (SSSR count). The van der Waals surface area contributed by atoms with E-state index >= 15 is 0 Å². The van der Waals surface area contributed by atoms with Crippen LogP contribution < -0.4 is 0 Å². The topological polar surface area (TPSA) is 58.9 Å². The summed E-state index contributed by atoms with van der Waals surface area (Å²) in [6, 6.07) is 0. The zero-order valence-corrected chi connectivity index (χ0v) is 18.7. The lowest BCUT2D eigenvalue weighted by atomic mass is 10.2. The van der Waals surface area contributed by atoms with Crippen LogP contribution in [0.2, 0.25) is 0 Å². The van der Waals surface area contributed by atoms with Gasteiger partial charge in [0, 0.05) is 33.5 Å². The molecule has 1 heterocycles. The third kappa shape index (κ3) is 14.2. The molecule has 148 valence electrons. The Morgan fingerprint density at radius 1 is 0.731 bits per heavy atom. The number of rotatable bonds is 16. The molecular weight excluding hydrogens is 404 g/mol. The van der Waals surface area contributed by atoms with Crippen molar-refractivity contribution >= 4 is 59.2 Å². The van der Waals surface area contributed by atoms with Crippen LogP contribution in [-0.2, 0) is 9.59 Å². The average Bonchev–Trinajstić information content (AvgIpc) is 2.67. The third-order valence-electron chi connectivity index (χ3n) is 3.89. The van der Waals surface area contributed by atoms with Gasteiger partial charge in [0.05, 0.1) is 13.1 Å². The van der Waals surface area contributed by atoms with Crippen LogP contribution in [0, 0.1) is 0 Å². The molecule has 0 aromatic heterocycles. The standard InChI is InChI=1S/C18H30N2O2S4/c21-15-19-7-3-1-5-9-23-11-17-13-26-18(14-25-17)12-24-10-6-2-4-8-20-16-22/h17-18H,1-14H2. The van der Waals surface area contributed by atoms with Crippen LogP contribution in [0.3, 0.4) is 0 Å². The van der Waals surface area contributed by atoms with Crippen LogP contribution in [-0.4, -0.2) is 70.3 Å².